The molecule has 2 aliphatic rings. The Morgan fingerprint density at radius 3 is 2.20 bits per heavy atom. The monoisotopic (exact) mass is 366 g/mol. The average Bonchev–Trinajstić information content (AvgIpc) is 2.62. The van der Waals surface area contributed by atoms with Gasteiger partial charge in [-0.1, -0.05) is 57.5 Å². The summed E-state index contributed by atoms with van der Waals surface area (Å²) in [6.45, 7) is 8.40. The third-order valence-electron chi connectivity index (χ3n) is 5.17. The predicted octanol–water partition coefficient (Wildman–Crippen LogP) is 3.21. The Labute approximate surface area is 152 Å². The summed E-state index contributed by atoms with van der Waals surface area (Å²) in [6, 6.07) is 9.95. The van der Waals surface area contributed by atoms with Crippen LogP contribution in [0.5, 0.6) is 0 Å². The van der Waals surface area contributed by atoms with Gasteiger partial charge in [-0.2, -0.15) is 17.0 Å². The van der Waals surface area contributed by atoms with Gasteiger partial charge in [0.15, 0.2) is 0 Å². The molecule has 140 valence electrons. The molecule has 3 rings (SSSR count). The maximum atomic E-state index is 13.2. The van der Waals surface area contributed by atoms with Gasteiger partial charge in [0.25, 0.3) is 10.2 Å². The molecule has 0 saturated carbocycles. The molecule has 2 atom stereocenters. The Morgan fingerprint density at radius 2 is 1.60 bits per heavy atom. The predicted molar refractivity (Wildman–Crippen MR) is 99.4 cm³/mol. The fourth-order valence-corrected chi connectivity index (χ4v) is 5.20. The maximum absolute atomic E-state index is 13.2. The van der Waals surface area contributed by atoms with Crippen molar-refractivity contribution in [1.82, 2.24) is 8.61 Å². The zero-order chi connectivity index (χ0) is 18.1. The van der Waals surface area contributed by atoms with Crippen LogP contribution >= 0.6 is 0 Å². The fourth-order valence-electron chi connectivity index (χ4n) is 3.51. The Bertz CT molecular complexity index is 664. The summed E-state index contributed by atoms with van der Waals surface area (Å²) in [5.74, 6) is 0. The molecule has 0 spiro atoms. The topological polar surface area (TPSA) is 49.9 Å². The minimum Gasteiger partial charge on any atom is -0.367 e. The van der Waals surface area contributed by atoms with E-state index in [1.807, 2.05) is 30.3 Å². The highest BCUT2D eigenvalue weighted by Crippen LogP contribution is 2.35. The summed E-state index contributed by atoms with van der Waals surface area (Å²) in [5.41, 5.74) is 0.915. The molecule has 1 aromatic rings. The normalized spacial score (nSPS) is 27.3. The molecule has 2 heterocycles. The second-order valence-corrected chi connectivity index (χ2v) is 10.1. The first-order valence-electron chi connectivity index (χ1n) is 9.24. The van der Waals surface area contributed by atoms with Crippen LogP contribution < -0.4 is 0 Å². The molecule has 5 nitrogen and oxygen atoms in total. The van der Waals surface area contributed by atoms with E-state index in [9.17, 15) is 8.42 Å². The lowest BCUT2D eigenvalue weighted by molar-refractivity contribution is -0.111. The van der Waals surface area contributed by atoms with Crippen LogP contribution in [-0.2, 0) is 14.9 Å². The van der Waals surface area contributed by atoms with Gasteiger partial charge in [0.05, 0.1) is 12.2 Å². The van der Waals surface area contributed by atoms with Crippen LogP contribution in [0, 0.1) is 5.41 Å². The Morgan fingerprint density at radius 1 is 0.960 bits per heavy atom. The SMILES string of the molecule is CC(C)(C)[C@H]1CN(S(=O)(=O)N2CCCCC2)C[C@@H](c2ccccc2)O1. The molecule has 2 saturated heterocycles. The first kappa shape index (κ1) is 18.8. The number of hydrogen-bond donors (Lipinski definition) is 0. The second kappa shape index (κ2) is 7.35. The van der Waals surface area contributed by atoms with Crippen LogP contribution in [0.2, 0.25) is 0 Å². The van der Waals surface area contributed by atoms with E-state index in [0.717, 1.165) is 24.8 Å². The van der Waals surface area contributed by atoms with Crippen LogP contribution in [0.15, 0.2) is 30.3 Å². The number of hydrogen-bond acceptors (Lipinski definition) is 3. The first-order valence-corrected chi connectivity index (χ1v) is 10.6. The van der Waals surface area contributed by atoms with Gasteiger partial charge in [-0.3, -0.25) is 0 Å². The van der Waals surface area contributed by atoms with Crippen molar-refractivity contribution in [2.75, 3.05) is 26.2 Å². The fraction of sp³-hybridized carbons (Fsp3) is 0.684. The Balaban J connectivity index is 1.87. The zero-order valence-electron chi connectivity index (χ0n) is 15.5. The molecule has 25 heavy (non-hydrogen) atoms. The van der Waals surface area contributed by atoms with E-state index in [-0.39, 0.29) is 17.6 Å². The van der Waals surface area contributed by atoms with Crippen molar-refractivity contribution >= 4 is 10.2 Å². The molecule has 0 aromatic heterocycles. The summed E-state index contributed by atoms with van der Waals surface area (Å²) in [4.78, 5) is 0. The van der Waals surface area contributed by atoms with Gasteiger partial charge in [0, 0.05) is 26.2 Å². The molecule has 0 radical (unpaired) electrons. The number of piperidine rings is 1. The lowest BCUT2D eigenvalue weighted by atomic mass is 9.87. The molecule has 1 aromatic carbocycles. The Kier molecular flexibility index (Phi) is 5.54. The molecular formula is C19H30N2O3S. The first-order chi connectivity index (χ1) is 11.8. The van der Waals surface area contributed by atoms with Crippen LogP contribution in [-0.4, -0.2) is 49.3 Å². The van der Waals surface area contributed by atoms with E-state index < -0.39 is 10.2 Å². The van der Waals surface area contributed by atoms with Crippen LogP contribution in [0.4, 0.5) is 0 Å². The molecule has 6 heteroatoms. The highest BCUT2D eigenvalue weighted by atomic mass is 32.2. The summed E-state index contributed by atoms with van der Waals surface area (Å²) < 4.78 is 36.0. The molecule has 2 aliphatic heterocycles. The third-order valence-corrected chi connectivity index (χ3v) is 7.14. The van der Waals surface area contributed by atoms with Gasteiger partial charge in [-0.05, 0) is 23.8 Å². The summed E-state index contributed by atoms with van der Waals surface area (Å²) in [7, 11) is -3.43. The van der Waals surface area contributed by atoms with E-state index in [1.165, 1.54) is 0 Å². The summed E-state index contributed by atoms with van der Waals surface area (Å²) in [5, 5.41) is 0. The van der Waals surface area contributed by atoms with Crippen LogP contribution in [0.25, 0.3) is 0 Å². The van der Waals surface area contributed by atoms with Gasteiger partial charge in [0.2, 0.25) is 0 Å². The van der Waals surface area contributed by atoms with Gasteiger partial charge in [-0.15, -0.1) is 0 Å². The van der Waals surface area contributed by atoms with Crippen molar-refractivity contribution in [2.45, 2.75) is 52.2 Å². The minimum absolute atomic E-state index is 0.122. The van der Waals surface area contributed by atoms with Crippen molar-refractivity contribution in [3.8, 4) is 0 Å². The second-order valence-electron chi connectivity index (χ2n) is 8.17. The molecule has 0 amide bonds. The molecule has 2 fully saturated rings. The maximum Gasteiger partial charge on any atom is 0.282 e. The van der Waals surface area contributed by atoms with E-state index in [1.54, 1.807) is 8.61 Å². The summed E-state index contributed by atoms with van der Waals surface area (Å²) >= 11 is 0. The summed E-state index contributed by atoms with van der Waals surface area (Å²) in [6.07, 6.45) is 2.67. The standard InChI is InChI=1S/C19H30N2O3S/c1-19(2,3)18-15-21(25(22,23)20-12-8-5-9-13-20)14-17(24-18)16-10-6-4-7-11-16/h4,6-7,10-11,17-18H,5,8-9,12-15H2,1-3H3/t17-,18+/m0/s1. The number of morpholine rings is 1. The lowest BCUT2D eigenvalue weighted by Gasteiger charge is -2.44. The van der Waals surface area contributed by atoms with E-state index in [2.05, 4.69) is 20.8 Å². The number of ether oxygens (including phenoxy) is 1. The lowest BCUT2D eigenvalue weighted by Crippen LogP contribution is -2.55. The molecule has 0 N–H and O–H groups in total. The highest BCUT2D eigenvalue weighted by molar-refractivity contribution is 7.86. The largest absolute Gasteiger partial charge is 0.367 e. The van der Waals surface area contributed by atoms with Gasteiger partial charge in [-0.25, -0.2) is 0 Å². The highest BCUT2D eigenvalue weighted by Gasteiger charge is 2.42. The van der Waals surface area contributed by atoms with Gasteiger partial charge >= 0.3 is 0 Å². The third kappa shape index (κ3) is 4.25. The quantitative estimate of drug-likeness (QED) is 0.825. The van der Waals surface area contributed by atoms with Crippen LogP contribution in [0.3, 0.4) is 0 Å². The molecular weight excluding hydrogens is 336 g/mol. The van der Waals surface area contributed by atoms with E-state index in [0.29, 0.717) is 26.2 Å². The number of benzene rings is 1. The zero-order valence-corrected chi connectivity index (χ0v) is 16.3. The van der Waals surface area contributed by atoms with Crippen molar-refractivity contribution in [1.29, 1.82) is 0 Å². The minimum atomic E-state index is -3.43. The van der Waals surface area contributed by atoms with Crippen molar-refractivity contribution in [2.24, 2.45) is 5.41 Å². The average molecular weight is 367 g/mol. The molecule has 0 aliphatic carbocycles. The number of rotatable bonds is 3. The van der Waals surface area contributed by atoms with Gasteiger partial charge in [0.1, 0.15) is 0 Å². The smallest absolute Gasteiger partial charge is 0.282 e. The van der Waals surface area contributed by atoms with Gasteiger partial charge < -0.3 is 4.74 Å². The molecule has 0 bridgehead atoms. The van der Waals surface area contributed by atoms with Crippen LogP contribution in [0.1, 0.15) is 51.7 Å². The van der Waals surface area contributed by atoms with E-state index in [4.69, 9.17) is 4.74 Å². The molecule has 0 unspecified atom stereocenters. The van der Waals surface area contributed by atoms with Crippen molar-refractivity contribution in [3.05, 3.63) is 35.9 Å². The van der Waals surface area contributed by atoms with Crippen molar-refractivity contribution in [3.63, 3.8) is 0 Å². The van der Waals surface area contributed by atoms with Crippen molar-refractivity contribution < 1.29 is 13.2 Å². The Hall–Kier alpha value is -0.950. The van der Waals surface area contributed by atoms with E-state index >= 15 is 0 Å². The number of nitrogens with zero attached hydrogens (tertiary/aromatic N) is 2.